The van der Waals surface area contributed by atoms with Crippen molar-refractivity contribution in [3.05, 3.63) is 74.8 Å². The third-order valence-electron chi connectivity index (χ3n) is 4.83. The first-order valence-corrected chi connectivity index (χ1v) is 9.78. The molecule has 6 heteroatoms. The molecule has 0 aliphatic carbocycles. The summed E-state index contributed by atoms with van der Waals surface area (Å²) in [5.74, 6) is 0.455. The lowest BCUT2D eigenvalue weighted by Gasteiger charge is -2.21. The molecule has 0 spiro atoms. The number of nitrogens with one attached hydrogen (secondary N) is 1. The van der Waals surface area contributed by atoms with E-state index < -0.39 is 0 Å². The van der Waals surface area contributed by atoms with Crippen molar-refractivity contribution in [1.82, 2.24) is 4.98 Å². The summed E-state index contributed by atoms with van der Waals surface area (Å²) in [5, 5.41) is 22.5. The minimum Gasteiger partial charge on any atom is -0.510 e. The highest BCUT2D eigenvalue weighted by atomic mass is 35.5. The van der Waals surface area contributed by atoms with Gasteiger partial charge in [0.2, 0.25) is 0 Å². The van der Waals surface area contributed by atoms with E-state index in [1.807, 2.05) is 66.6 Å². The number of benzene rings is 2. The average molecular weight is 396 g/mol. The van der Waals surface area contributed by atoms with Crippen LogP contribution in [0.2, 0.25) is 5.02 Å². The number of anilines is 1. The molecule has 0 radical (unpaired) electrons. The van der Waals surface area contributed by atoms with Crippen LogP contribution in [0.25, 0.3) is 16.8 Å². The van der Waals surface area contributed by atoms with E-state index in [-0.39, 0.29) is 18.1 Å². The molecule has 2 N–H and O–H groups in total. The van der Waals surface area contributed by atoms with Crippen LogP contribution in [0.1, 0.15) is 16.1 Å². The summed E-state index contributed by atoms with van der Waals surface area (Å²) in [4.78, 5) is 6.48. The number of aromatic nitrogens is 1. The number of aryl methyl sites for hydroxylation is 1. The van der Waals surface area contributed by atoms with Crippen molar-refractivity contribution in [2.45, 2.75) is 13.8 Å². The molecule has 2 aromatic carbocycles. The van der Waals surface area contributed by atoms with Crippen molar-refractivity contribution in [1.29, 1.82) is 5.41 Å². The Morgan fingerprint density at radius 3 is 2.63 bits per heavy atom. The Morgan fingerprint density at radius 2 is 1.89 bits per heavy atom. The molecule has 4 nitrogen and oxygen atoms in total. The molecular formula is C21H18ClN3OS. The Kier molecular flexibility index (Phi) is 4.50. The van der Waals surface area contributed by atoms with Gasteiger partial charge in [-0.05, 0) is 43.2 Å². The smallest absolute Gasteiger partial charge is 0.139 e. The molecule has 4 rings (SSSR count). The van der Waals surface area contributed by atoms with E-state index in [4.69, 9.17) is 17.0 Å². The molecular weight excluding hydrogens is 378 g/mol. The highest BCUT2D eigenvalue weighted by molar-refractivity contribution is 7.11. The van der Waals surface area contributed by atoms with Gasteiger partial charge in [0, 0.05) is 21.7 Å². The minimum atomic E-state index is 0.179. The molecule has 0 saturated carbocycles. The lowest BCUT2D eigenvalue weighted by atomic mass is 10.1. The molecule has 0 fully saturated rings. The lowest BCUT2D eigenvalue weighted by molar-refractivity contribution is 0.411. The largest absolute Gasteiger partial charge is 0.510 e. The molecule has 1 aliphatic rings. The van der Waals surface area contributed by atoms with Crippen molar-refractivity contribution in [3.63, 3.8) is 0 Å². The molecule has 3 aromatic rings. The van der Waals surface area contributed by atoms with Crippen LogP contribution in [0, 0.1) is 19.3 Å². The molecule has 1 aliphatic heterocycles. The van der Waals surface area contributed by atoms with Gasteiger partial charge in [-0.15, -0.1) is 11.3 Å². The van der Waals surface area contributed by atoms with Gasteiger partial charge >= 0.3 is 0 Å². The lowest BCUT2D eigenvalue weighted by Crippen LogP contribution is -2.27. The van der Waals surface area contributed by atoms with Crippen LogP contribution in [0.15, 0.2) is 53.6 Å². The average Bonchev–Trinajstić information content (AvgIpc) is 3.23. The van der Waals surface area contributed by atoms with E-state index in [0.717, 1.165) is 28.1 Å². The Morgan fingerprint density at radius 1 is 1.15 bits per heavy atom. The fourth-order valence-electron chi connectivity index (χ4n) is 3.18. The number of halogens is 1. The van der Waals surface area contributed by atoms with E-state index in [1.165, 1.54) is 11.3 Å². The normalized spacial score (nSPS) is 14.3. The van der Waals surface area contributed by atoms with E-state index in [1.54, 1.807) is 0 Å². The Balaban J connectivity index is 1.67. The van der Waals surface area contributed by atoms with Crippen LogP contribution in [-0.4, -0.2) is 22.5 Å². The zero-order chi connectivity index (χ0) is 19.1. The first-order chi connectivity index (χ1) is 13.0. The zero-order valence-corrected chi connectivity index (χ0v) is 16.5. The number of aliphatic hydroxyl groups is 1. The van der Waals surface area contributed by atoms with Crippen LogP contribution in [0.4, 0.5) is 5.69 Å². The first kappa shape index (κ1) is 17.8. The van der Waals surface area contributed by atoms with Gasteiger partial charge in [0.25, 0.3) is 0 Å². The van der Waals surface area contributed by atoms with Gasteiger partial charge in [-0.25, -0.2) is 4.98 Å². The summed E-state index contributed by atoms with van der Waals surface area (Å²) in [7, 11) is 0. The van der Waals surface area contributed by atoms with Gasteiger partial charge in [-0.2, -0.15) is 0 Å². The maximum absolute atomic E-state index is 10.6. The third kappa shape index (κ3) is 3.13. The summed E-state index contributed by atoms with van der Waals surface area (Å²) in [6, 6.07) is 13.5. The van der Waals surface area contributed by atoms with Gasteiger partial charge < -0.3 is 10.0 Å². The number of hydrogen-bond acceptors (Lipinski definition) is 4. The van der Waals surface area contributed by atoms with Crippen LogP contribution in [0.5, 0.6) is 0 Å². The van der Waals surface area contributed by atoms with Crippen molar-refractivity contribution in [2.75, 3.05) is 11.4 Å². The topological polar surface area (TPSA) is 60.2 Å². The van der Waals surface area contributed by atoms with E-state index >= 15 is 0 Å². The molecule has 0 atom stereocenters. The molecule has 0 amide bonds. The second-order valence-electron chi connectivity index (χ2n) is 6.52. The summed E-state index contributed by atoms with van der Waals surface area (Å²) < 4.78 is 0. The predicted molar refractivity (Wildman–Crippen MR) is 113 cm³/mol. The van der Waals surface area contributed by atoms with Crippen LogP contribution in [0.3, 0.4) is 0 Å². The van der Waals surface area contributed by atoms with Gasteiger partial charge in [0.05, 0.1) is 17.8 Å². The molecule has 27 heavy (non-hydrogen) atoms. The van der Waals surface area contributed by atoms with Gasteiger partial charge in [-0.1, -0.05) is 35.9 Å². The third-order valence-corrected chi connectivity index (χ3v) is 5.94. The summed E-state index contributed by atoms with van der Waals surface area (Å²) >= 11 is 7.38. The number of amidine groups is 1. The number of thiazole rings is 1. The van der Waals surface area contributed by atoms with Crippen molar-refractivity contribution in [3.8, 4) is 11.3 Å². The predicted octanol–water partition coefficient (Wildman–Crippen LogP) is 5.85. The van der Waals surface area contributed by atoms with Gasteiger partial charge in [0.15, 0.2) is 0 Å². The van der Waals surface area contributed by atoms with E-state index in [9.17, 15) is 5.11 Å². The SMILES string of the molecule is Cc1cccc(N2CC(O)=C(c3nc(-c4ccc(Cl)cc4)cs3)C2=N)c1C. The molecule has 1 aromatic heterocycles. The fourth-order valence-corrected chi connectivity index (χ4v) is 4.20. The summed E-state index contributed by atoms with van der Waals surface area (Å²) in [6.07, 6.45) is 0. The minimum absolute atomic E-state index is 0.179. The van der Waals surface area contributed by atoms with Gasteiger partial charge in [-0.3, -0.25) is 5.41 Å². The van der Waals surface area contributed by atoms with E-state index in [0.29, 0.717) is 15.6 Å². The fraction of sp³-hybridized carbons (Fsp3) is 0.143. The number of nitrogens with zero attached hydrogens (tertiary/aromatic N) is 2. The molecule has 136 valence electrons. The molecule has 0 bridgehead atoms. The maximum Gasteiger partial charge on any atom is 0.139 e. The van der Waals surface area contributed by atoms with Gasteiger partial charge in [0.1, 0.15) is 16.6 Å². The van der Waals surface area contributed by atoms with Crippen LogP contribution in [-0.2, 0) is 0 Å². The molecule has 0 unspecified atom stereocenters. The second kappa shape index (κ2) is 6.83. The highest BCUT2D eigenvalue weighted by Gasteiger charge is 2.32. The van der Waals surface area contributed by atoms with Crippen molar-refractivity contribution < 1.29 is 5.11 Å². The Hall–Kier alpha value is -2.63. The van der Waals surface area contributed by atoms with Crippen LogP contribution < -0.4 is 4.90 Å². The molecule has 2 heterocycles. The number of hydrogen-bond donors (Lipinski definition) is 2. The standard InChI is InChI=1S/C21H18ClN3OS/c1-12-4-3-5-17(13(12)2)25-10-18(26)19(20(25)23)21-24-16(11-27-21)14-6-8-15(22)9-7-14/h3-9,11,23,26H,10H2,1-2H3. The number of rotatable bonds is 3. The first-order valence-electron chi connectivity index (χ1n) is 8.52. The summed E-state index contributed by atoms with van der Waals surface area (Å²) in [6.45, 7) is 4.37. The monoisotopic (exact) mass is 395 g/mol. The van der Waals surface area contributed by atoms with Crippen molar-refractivity contribution in [2.24, 2.45) is 0 Å². The Labute approximate surface area is 166 Å². The van der Waals surface area contributed by atoms with Crippen molar-refractivity contribution >= 4 is 40.0 Å². The quantitative estimate of drug-likeness (QED) is 0.585. The highest BCUT2D eigenvalue weighted by Crippen LogP contribution is 2.36. The van der Waals surface area contributed by atoms with Crippen LogP contribution >= 0.6 is 22.9 Å². The molecule has 0 saturated heterocycles. The zero-order valence-electron chi connectivity index (χ0n) is 15.0. The Bertz CT molecular complexity index is 1070. The second-order valence-corrected chi connectivity index (χ2v) is 7.81. The van der Waals surface area contributed by atoms with E-state index in [2.05, 4.69) is 4.98 Å². The number of aliphatic hydroxyl groups excluding tert-OH is 1. The maximum atomic E-state index is 10.6. The summed E-state index contributed by atoms with van der Waals surface area (Å²) in [5.41, 5.74) is 5.48.